The number of benzene rings is 1. The summed E-state index contributed by atoms with van der Waals surface area (Å²) in [4.78, 5) is 2.35. The SMILES string of the molecule is Cc1cc(CCl)ccc1N(C)C(C)C(C)(C)C. The molecule has 17 heavy (non-hydrogen) atoms. The highest BCUT2D eigenvalue weighted by Crippen LogP contribution is 2.29. The lowest BCUT2D eigenvalue weighted by molar-refractivity contribution is 0.329. The molecule has 0 N–H and O–H groups in total. The summed E-state index contributed by atoms with van der Waals surface area (Å²) in [5.41, 5.74) is 4.04. The van der Waals surface area contributed by atoms with Crippen LogP contribution in [0.25, 0.3) is 0 Å². The van der Waals surface area contributed by atoms with E-state index >= 15 is 0 Å². The Morgan fingerprint density at radius 2 is 1.88 bits per heavy atom. The molecule has 2 heteroatoms. The van der Waals surface area contributed by atoms with E-state index < -0.39 is 0 Å². The summed E-state index contributed by atoms with van der Waals surface area (Å²) in [6, 6.07) is 6.95. The van der Waals surface area contributed by atoms with Crippen molar-refractivity contribution in [2.45, 2.75) is 46.5 Å². The van der Waals surface area contributed by atoms with Crippen molar-refractivity contribution < 1.29 is 0 Å². The summed E-state index contributed by atoms with van der Waals surface area (Å²) in [5, 5.41) is 0. The summed E-state index contributed by atoms with van der Waals surface area (Å²) in [6.07, 6.45) is 0. The molecule has 0 fully saturated rings. The second-order valence-electron chi connectivity index (χ2n) is 5.91. The minimum absolute atomic E-state index is 0.270. The number of alkyl halides is 1. The number of nitrogens with zero attached hydrogens (tertiary/aromatic N) is 1. The van der Waals surface area contributed by atoms with Crippen LogP contribution in [0.4, 0.5) is 5.69 Å². The smallest absolute Gasteiger partial charge is 0.0474 e. The fourth-order valence-corrected chi connectivity index (χ4v) is 2.15. The molecule has 0 heterocycles. The van der Waals surface area contributed by atoms with Crippen LogP contribution in [0.5, 0.6) is 0 Å². The van der Waals surface area contributed by atoms with Crippen LogP contribution in [-0.2, 0) is 5.88 Å². The van der Waals surface area contributed by atoms with Gasteiger partial charge >= 0.3 is 0 Å². The van der Waals surface area contributed by atoms with Gasteiger partial charge in [-0.25, -0.2) is 0 Å². The van der Waals surface area contributed by atoms with Gasteiger partial charge < -0.3 is 4.90 Å². The molecule has 0 aromatic heterocycles. The summed E-state index contributed by atoms with van der Waals surface area (Å²) >= 11 is 5.85. The Balaban J connectivity index is 3.01. The highest BCUT2D eigenvalue weighted by molar-refractivity contribution is 6.17. The molecule has 1 unspecified atom stereocenters. The Hall–Kier alpha value is -0.690. The van der Waals surface area contributed by atoms with Crippen molar-refractivity contribution in [3.63, 3.8) is 0 Å². The van der Waals surface area contributed by atoms with Crippen molar-refractivity contribution in [2.75, 3.05) is 11.9 Å². The van der Waals surface area contributed by atoms with Gasteiger partial charge in [-0.1, -0.05) is 32.9 Å². The van der Waals surface area contributed by atoms with Gasteiger partial charge in [0.1, 0.15) is 0 Å². The van der Waals surface area contributed by atoms with Crippen LogP contribution in [0.3, 0.4) is 0 Å². The van der Waals surface area contributed by atoms with Gasteiger partial charge in [0.15, 0.2) is 0 Å². The molecule has 96 valence electrons. The van der Waals surface area contributed by atoms with Crippen LogP contribution in [0.15, 0.2) is 18.2 Å². The molecule has 0 spiro atoms. The van der Waals surface area contributed by atoms with Crippen molar-refractivity contribution in [1.82, 2.24) is 0 Å². The van der Waals surface area contributed by atoms with E-state index in [1.807, 2.05) is 0 Å². The number of halogens is 1. The second-order valence-corrected chi connectivity index (χ2v) is 6.17. The Morgan fingerprint density at radius 3 is 2.29 bits per heavy atom. The quantitative estimate of drug-likeness (QED) is 0.712. The highest BCUT2D eigenvalue weighted by atomic mass is 35.5. The molecular formula is C15H24ClN. The number of anilines is 1. The van der Waals surface area contributed by atoms with Crippen LogP contribution >= 0.6 is 11.6 Å². The van der Waals surface area contributed by atoms with Gasteiger partial charge in [0.05, 0.1) is 0 Å². The number of hydrogen-bond donors (Lipinski definition) is 0. The van der Waals surface area contributed by atoms with Gasteiger partial charge in [0, 0.05) is 24.7 Å². The van der Waals surface area contributed by atoms with Crippen LogP contribution in [0, 0.1) is 12.3 Å². The zero-order valence-electron chi connectivity index (χ0n) is 11.8. The fourth-order valence-electron chi connectivity index (χ4n) is 1.99. The van der Waals surface area contributed by atoms with Crippen molar-refractivity contribution in [1.29, 1.82) is 0 Å². The third kappa shape index (κ3) is 3.38. The normalized spacial score (nSPS) is 13.6. The molecule has 0 aliphatic heterocycles. The van der Waals surface area contributed by atoms with Crippen LogP contribution in [0.2, 0.25) is 0 Å². The van der Waals surface area contributed by atoms with Crippen LogP contribution in [-0.4, -0.2) is 13.1 Å². The lowest BCUT2D eigenvalue weighted by Crippen LogP contribution is -2.39. The predicted octanol–water partition coefficient (Wildman–Crippen LogP) is 4.60. The van der Waals surface area contributed by atoms with E-state index in [4.69, 9.17) is 11.6 Å². The lowest BCUT2D eigenvalue weighted by Gasteiger charge is -2.37. The Morgan fingerprint density at radius 1 is 1.29 bits per heavy atom. The molecule has 0 radical (unpaired) electrons. The first-order valence-electron chi connectivity index (χ1n) is 6.15. The molecule has 1 aromatic carbocycles. The van der Waals surface area contributed by atoms with Gasteiger partial charge in [0.2, 0.25) is 0 Å². The van der Waals surface area contributed by atoms with Gasteiger partial charge in [0.25, 0.3) is 0 Å². The van der Waals surface area contributed by atoms with Gasteiger partial charge in [-0.15, -0.1) is 11.6 Å². The monoisotopic (exact) mass is 253 g/mol. The fraction of sp³-hybridized carbons (Fsp3) is 0.600. The minimum Gasteiger partial charge on any atom is -0.371 e. The van der Waals surface area contributed by atoms with Crippen molar-refractivity contribution in [3.05, 3.63) is 29.3 Å². The van der Waals surface area contributed by atoms with E-state index in [-0.39, 0.29) is 5.41 Å². The van der Waals surface area contributed by atoms with Crippen molar-refractivity contribution in [2.24, 2.45) is 5.41 Å². The van der Waals surface area contributed by atoms with E-state index in [9.17, 15) is 0 Å². The largest absolute Gasteiger partial charge is 0.371 e. The summed E-state index contributed by atoms with van der Waals surface area (Å²) < 4.78 is 0. The Kier molecular flexibility index (Phi) is 4.48. The average Bonchev–Trinajstić information content (AvgIpc) is 2.25. The number of hydrogen-bond acceptors (Lipinski definition) is 1. The first-order valence-corrected chi connectivity index (χ1v) is 6.69. The molecular weight excluding hydrogens is 230 g/mol. The van der Waals surface area contributed by atoms with Crippen molar-refractivity contribution in [3.8, 4) is 0 Å². The van der Waals surface area contributed by atoms with Crippen LogP contribution < -0.4 is 4.90 Å². The van der Waals surface area contributed by atoms with Gasteiger partial charge in [-0.3, -0.25) is 0 Å². The Bertz CT molecular complexity index is 379. The predicted molar refractivity (Wildman–Crippen MR) is 78.1 cm³/mol. The standard InChI is InChI=1S/C15H24ClN/c1-11-9-13(10-16)7-8-14(11)17(6)12(2)15(3,4)5/h7-9,12H,10H2,1-6H3. The molecule has 0 saturated carbocycles. The first-order chi connectivity index (χ1) is 7.77. The van der Waals surface area contributed by atoms with E-state index in [1.54, 1.807) is 0 Å². The zero-order valence-corrected chi connectivity index (χ0v) is 12.6. The third-order valence-electron chi connectivity index (χ3n) is 3.63. The molecule has 0 saturated heterocycles. The number of rotatable bonds is 3. The molecule has 0 amide bonds. The molecule has 0 aliphatic carbocycles. The minimum atomic E-state index is 0.270. The van der Waals surface area contributed by atoms with E-state index in [0.717, 1.165) is 0 Å². The zero-order chi connectivity index (χ0) is 13.2. The number of aryl methyl sites for hydroxylation is 1. The molecule has 1 rings (SSSR count). The topological polar surface area (TPSA) is 3.24 Å². The van der Waals surface area contributed by atoms with Gasteiger partial charge in [-0.2, -0.15) is 0 Å². The molecule has 1 aromatic rings. The summed E-state index contributed by atoms with van der Waals surface area (Å²) in [5.74, 6) is 0.583. The second kappa shape index (κ2) is 5.30. The van der Waals surface area contributed by atoms with E-state index in [0.29, 0.717) is 11.9 Å². The lowest BCUT2D eigenvalue weighted by atomic mass is 9.86. The Labute approximate surface area is 111 Å². The maximum atomic E-state index is 5.85. The average molecular weight is 254 g/mol. The van der Waals surface area contributed by atoms with E-state index in [1.165, 1.54) is 16.8 Å². The molecule has 1 atom stereocenters. The maximum absolute atomic E-state index is 5.85. The molecule has 0 bridgehead atoms. The molecule has 0 aliphatic rings. The molecule has 1 nitrogen and oxygen atoms in total. The summed E-state index contributed by atoms with van der Waals surface area (Å²) in [6.45, 7) is 11.2. The first kappa shape index (κ1) is 14.4. The maximum Gasteiger partial charge on any atom is 0.0474 e. The third-order valence-corrected chi connectivity index (χ3v) is 3.94. The summed E-state index contributed by atoms with van der Waals surface area (Å²) in [7, 11) is 2.17. The highest BCUT2D eigenvalue weighted by Gasteiger charge is 2.24. The van der Waals surface area contributed by atoms with Crippen LogP contribution in [0.1, 0.15) is 38.8 Å². The van der Waals surface area contributed by atoms with Crippen molar-refractivity contribution >= 4 is 17.3 Å². The van der Waals surface area contributed by atoms with E-state index in [2.05, 4.69) is 64.8 Å². The van der Waals surface area contributed by atoms with Gasteiger partial charge in [-0.05, 0) is 36.5 Å².